The zero-order valence-corrected chi connectivity index (χ0v) is 14.0. The van der Waals surface area contributed by atoms with Gasteiger partial charge in [0.25, 0.3) is 0 Å². The highest BCUT2D eigenvalue weighted by Crippen LogP contribution is 2.35. The van der Waals surface area contributed by atoms with Gasteiger partial charge in [-0.1, -0.05) is 25.4 Å². The average Bonchev–Trinajstić information content (AvgIpc) is 2.95. The monoisotopic (exact) mass is 328 g/mol. The van der Waals surface area contributed by atoms with Gasteiger partial charge < -0.3 is 0 Å². The van der Waals surface area contributed by atoms with Gasteiger partial charge in [-0.2, -0.15) is 5.10 Å². The molecule has 23 heavy (non-hydrogen) atoms. The number of pyridine rings is 2. The second-order valence-electron chi connectivity index (χ2n) is 5.65. The molecule has 0 saturated carbocycles. The van der Waals surface area contributed by atoms with Gasteiger partial charge in [-0.15, -0.1) is 0 Å². The maximum absolute atomic E-state index is 11.8. The fourth-order valence-electron chi connectivity index (χ4n) is 2.77. The van der Waals surface area contributed by atoms with E-state index in [1.165, 1.54) is 0 Å². The summed E-state index contributed by atoms with van der Waals surface area (Å²) >= 11 is 6.09. The van der Waals surface area contributed by atoms with Crippen LogP contribution in [0.5, 0.6) is 0 Å². The summed E-state index contributed by atoms with van der Waals surface area (Å²) in [6.45, 7) is 6.76. The Kier molecular flexibility index (Phi) is 4.13. The molecule has 118 valence electrons. The number of aryl methyl sites for hydroxylation is 1. The van der Waals surface area contributed by atoms with Crippen molar-refractivity contribution in [3.63, 3.8) is 0 Å². The van der Waals surface area contributed by atoms with E-state index in [0.717, 1.165) is 34.1 Å². The number of hydrogen-bond donors (Lipinski definition) is 0. The van der Waals surface area contributed by atoms with Crippen LogP contribution in [0.25, 0.3) is 22.2 Å². The Morgan fingerprint density at radius 2 is 2.09 bits per heavy atom. The molecule has 0 aliphatic carbocycles. The summed E-state index contributed by atoms with van der Waals surface area (Å²) in [4.78, 5) is 20.7. The summed E-state index contributed by atoms with van der Waals surface area (Å²) in [6, 6.07) is 1.81. The number of nitrogens with zero attached hydrogens (tertiary/aromatic N) is 4. The van der Waals surface area contributed by atoms with E-state index in [0.29, 0.717) is 17.1 Å². The maximum Gasteiger partial charge on any atom is 0.158 e. The first-order valence-corrected chi connectivity index (χ1v) is 7.90. The molecule has 0 unspecified atom stereocenters. The van der Waals surface area contributed by atoms with Crippen LogP contribution in [-0.4, -0.2) is 26.0 Å². The molecule has 0 aliphatic heterocycles. The summed E-state index contributed by atoms with van der Waals surface area (Å²) < 4.78 is 1.83. The maximum atomic E-state index is 11.8. The van der Waals surface area contributed by atoms with E-state index < -0.39 is 0 Å². The molecule has 0 spiro atoms. The fourth-order valence-corrected chi connectivity index (χ4v) is 2.94. The predicted octanol–water partition coefficient (Wildman–Crippen LogP) is 4.10. The minimum atomic E-state index is 0.116. The molecule has 0 amide bonds. The Bertz CT molecular complexity index is 886. The molecule has 0 saturated heterocycles. The Balaban J connectivity index is 2.46. The molecule has 6 heteroatoms. The molecule has 0 fully saturated rings. The molecule has 0 bridgehead atoms. The topological polar surface area (TPSA) is 60.7 Å². The first-order valence-electron chi connectivity index (χ1n) is 7.52. The second-order valence-corrected chi connectivity index (χ2v) is 6.08. The summed E-state index contributed by atoms with van der Waals surface area (Å²) in [6.07, 6.45) is 5.89. The van der Waals surface area contributed by atoms with Crippen LogP contribution in [-0.2, 0) is 6.54 Å². The first kappa shape index (κ1) is 15.6. The lowest BCUT2D eigenvalue weighted by atomic mass is 9.94. The van der Waals surface area contributed by atoms with Crippen LogP contribution in [0.4, 0.5) is 0 Å². The third-order valence-corrected chi connectivity index (χ3v) is 4.02. The van der Waals surface area contributed by atoms with E-state index in [1.54, 1.807) is 18.6 Å². The highest BCUT2D eigenvalue weighted by atomic mass is 35.5. The lowest BCUT2D eigenvalue weighted by molar-refractivity contribution is 0.112. The van der Waals surface area contributed by atoms with E-state index in [4.69, 9.17) is 16.6 Å². The van der Waals surface area contributed by atoms with Crippen molar-refractivity contribution in [2.45, 2.75) is 33.2 Å². The van der Waals surface area contributed by atoms with Gasteiger partial charge >= 0.3 is 0 Å². The number of carbonyl (C=O) groups excluding carboxylic acids is 1. The van der Waals surface area contributed by atoms with Crippen LogP contribution in [0.2, 0.25) is 5.02 Å². The van der Waals surface area contributed by atoms with Gasteiger partial charge in [-0.3, -0.25) is 9.78 Å². The normalized spacial score (nSPS) is 11.3. The highest BCUT2D eigenvalue weighted by molar-refractivity contribution is 6.30. The number of hydrogen-bond acceptors (Lipinski definition) is 4. The van der Waals surface area contributed by atoms with Crippen molar-refractivity contribution in [1.29, 1.82) is 0 Å². The van der Waals surface area contributed by atoms with Gasteiger partial charge in [0, 0.05) is 41.0 Å². The molecular formula is C17H17ClN4O. The van der Waals surface area contributed by atoms with Crippen LogP contribution < -0.4 is 0 Å². The van der Waals surface area contributed by atoms with Crippen molar-refractivity contribution in [2.24, 2.45) is 0 Å². The minimum Gasteiger partial charge on any atom is -0.298 e. The Morgan fingerprint density at radius 3 is 2.70 bits per heavy atom. The molecule has 0 atom stereocenters. The standard InChI is InChI=1S/C17H17ClN4O/c1-4-22-17-13(8-20-22)15(11-5-12(18)7-19-6-11)14(9-23)16(21-17)10(2)3/h5-10H,4H2,1-3H3. The van der Waals surface area contributed by atoms with Crippen molar-refractivity contribution >= 4 is 28.9 Å². The highest BCUT2D eigenvalue weighted by Gasteiger charge is 2.21. The third kappa shape index (κ3) is 2.61. The Morgan fingerprint density at radius 1 is 1.30 bits per heavy atom. The van der Waals surface area contributed by atoms with Crippen LogP contribution in [0.15, 0.2) is 24.7 Å². The lowest BCUT2D eigenvalue weighted by Crippen LogP contribution is -2.06. The molecule has 0 aliphatic rings. The van der Waals surface area contributed by atoms with Gasteiger partial charge in [0.15, 0.2) is 11.9 Å². The largest absolute Gasteiger partial charge is 0.298 e. The molecular weight excluding hydrogens is 312 g/mol. The Labute approximate surface area is 139 Å². The molecule has 3 heterocycles. The van der Waals surface area contributed by atoms with E-state index in [-0.39, 0.29) is 5.92 Å². The number of halogens is 1. The molecule has 0 radical (unpaired) electrons. The average molecular weight is 329 g/mol. The van der Waals surface area contributed by atoms with Crippen LogP contribution in [0.1, 0.15) is 42.7 Å². The summed E-state index contributed by atoms with van der Waals surface area (Å²) in [7, 11) is 0. The van der Waals surface area contributed by atoms with Crippen LogP contribution in [0.3, 0.4) is 0 Å². The Hall–Kier alpha value is -2.27. The van der Waals surface area contributed by atoms with E-state index in [1.807, 2.05) is 31.5 Å². The van der Waals surface area contributed by atoms with Gasteiger partial charge in [0.1, 0.15) is 0 Å². The lowest BCUT2D eigenvalue weighted by Gasteiger charge is -2.14. The molecule has 3 rings (SSSR count). The molecule has 3 aromatic rings. The van der Waals surface area contributed by atoms with Crippen molar-refractivity contribution in [3.8, 4) is 11.1 Å². The van der Waals surface area contributed by atoms with E-state index >= 15 is 0 Å². The molecule has 0 N–H and O–H groups in total. The number of aldehydes is 1. The number of fused-ring (bicyclic) bond motifs is 1. The van der Waals surface area contributed by atoms with Crippen LogP contribution in [0, 0.1) is 0 Å². The fraction of sp³-hybridized carbons (Fsp3) is 0.294. The van der Waals surface area contributed by atoms with Crippen molar-refractivity contribution in [1.82, 2.24) is 19.7 Å². The number of rotatable bonds is 4. The molecule has 5 nitrogen and oxygen atoms in total. The summed E-state index contributed by atoms with van der Waals surface area (Å²) in [5.41, 5.74) is 3.70. The summed E-state index contributed by atoms with van der Waals surface area (Å²) in [5, 5.41) is 5.74. The van der Waals surface area contributed by atoms with Gasteiger partial charge in [0.05, 0.1) is 16.9 Å². The molecule has 3 aromatic heterocycles. The zero-order valence-electron chi connectivity index (χ0n) is 13.2. The van der Waals surface area contributed by atoms with Crippen LogP contribution >= 0.6 is 11.6 Å². The molecule has 0 aromatic carbocycles. The van der Waals surface area contributed by atoms with Crippen molar-refractivity contribution in [3.05, 3.63) is 40.9 Å². The van der Waals surface area contributed by atoms with E-state index in [2.05, 4.69) is 10.1 Å². The number of carbonyl (C=O) groups is 1. The van der Waals surface area contributed by atoms with Crippen molar-refractivity contribution in [2.75, 3.05) is 0 Å². The minimum absolute atomic E-state index is 0.116. The van der Waals surface area contributed by atoms with Crippen molar-refractivity contribution < 1.29 is 4.79 Å². The quantitative estimate of drug-likeness (QED) is 0.676. The van der Waals surface area contributed by atoms with Gasteiger partial charge in [-0.25, -0.2) is 9.67 Å². The van der Waals surface area contributed by atoms with E-state index in [9.17, 15) is 4.79 Å². The first-order chi connectivity index (χ1) is 11.1. The third-order valence-electron chi connectivity index (χ3n) is 3.81. The predicted molar refractivity (Wildman–Crippen MR) is 90.9 cm³/mol. The SMILES string of the molecule is CCn1ncc2c(-c3cncc(Cl)c3)c(C=O)c(C(C)C)nc21. The number of aromatic nitrogens is 4. The smallest absolute Gasteiger partial charge is 0.158 e. The van der Waals surface area contributed by atoms with Gasteiger partial charge in [0.2, 0.25) is 0 Å². The second kappa shape index (κ2) is 6.08. The van der Waals surface area contributed by atoms with Gasteiger partial charge in [-0.05, 0) is 18.9 Å². The zero-order chi connectivity index (χ0) is 16.6. The summed E-state index contributed by atoms with van der Waals surface area (Å²) in [5.74, 6) is 0.116.